The van der Waals surface area contributed by atoms with E-state index in [0.29, 0.717) is 10.8 Å². The molecular weight excluding hydrogens is 190 g/mol. The minimum absolute atomic E-state index is 0.389. The van der Waals surface area contributed by atoms with Gasteiger partial charge in [-0.25, -0.2) is 0 Å². The van der Waals surface area contributed by atoms with Crippen LogP contribution in [0.3, 0.4) is 0 Å². The Balaban J connectivity index is 2.78. The highest BCUT2D eigenvalue weighted by atomic mass is 35.5. The molecule has 1 N–H and O–H groups in total. The first-order valence-corrected chi connectivity index (χ1v) is 3.88. The van der Waals surface area contributed by atoms with Gasteiger partial charge in [-0.2, -0.15) is 5.10 Å². The van der Waals surface area contributed by atoms with Crippen molar-refractivity contribution in [3.8, 4) is 0 Å². The molecule has 5 nitrogen and oxygen atoms in total. The van der Waals surface area contributed by atoms with Crippen molar-refractivity contribution in [2.45, 2.75) is 0 Å². The van der Waals surface area contributed by atoms with E-state index in [1.807, 2.05) is 0 Å². The quantitative estimate of drug-likeness (QED) is 0.421. The summed E-state index contributed by atoms with van der Waals surface area (Å²) in [6.45, 7) is 0. The molecule has 0 unspecified atom stereocenters. The molecule has 0 aliphatic heterocycles. The minimum atomic E-state index is 0.389. The molecule has 0 saturated carbocycles. The molecule has 0 spiro atoms. The molecule has 0 atom stereocenters. The summed E-state index contributed by atoms with van der Waals surface area (Å²) in [5.74, 6) is 0.389. The zero-order valence-corrected chi connectivity index (χ0v) is 7.15. The number of azide groups is 1. The van der Waals surface area contributed by atoms with Crippen LogP contribution in [0.1, 0.15) is 0 Å². The lowest BCUT2D eigenvalue weighted by Gasteiger charge is -1.89. The van der Waals surface area contributed by atoms with Crippen LogP contribution in [0.15, 0.2) is 23.3 Å². The Kier molecular flexibility index (Phi) is 1.81. The van der Waals surface area contributed by atoms with E-state index in [9.17, 15) is 0 Å². The largest absolute Gasteiger partial charge is 0.275 e. The van der Waals surface area contributed by atoms with Gasteiger partial charge in [-0.15, -0.1) is 0 Å². The Morgan fingerprint density at radius 2 is 2.38 bits per heavy atom. The molecular formula is C7H4ClN5. The molecule has 2 aromatic rings. The molecule has 2 rings (SSSR count). The molecule has 1 aromatic carbocycles. The number of rotatable bonds is 1. The summed E-state index contributed by atoms with van der Waals surface area (Å²) in [5, 5.41) is 11.3. The molecule has 0 aliphatic rings. The summed E-state index contributed by atoms with van der Waals surface area (Å²) in [6.07, 6.45) is 0. The average Bonchev–Trinajstić information content (AvgIpc) is 2.49. The van der Waals surface area contributed by atoms with E-state index in [2.05, 4.69) is 20.2 Å². The number of halogens is 1. The van der Waals surface area contributed by atoms with E-state index in [1.165, 1.54) is 0 Å². The lowest BCUT2D eigenvalue weighted by Crippen LogP contribution is -1.66. The zero-order chi connectivity index (χ0) is 9.26. The van der Waals surface area contributed by atoms with E-state index in [-0.39, 0.29) is 0 Å². The molecule has 6 heteroatoms. The summed E-state index contributed by atoms with van der Waals surface area (Å²) in [4.78, 5) is 2.67. The fraction of sp³-hybridized carbons (Fsp3) is 0. The fourth-order valence-corrected chi connectivity index (χ4v) is 1.26. The summed E-state index contributed by atoms with van der Waals surface area (Å²) < 4.78 is 0. The highest BCUT2D eigenvalue weighted by Gasteiger charge is 2.02. The molecule has 0 amide bonds. The number of hydrogen-bond donors (Lipinski definition) is 1. The summed E-state index contributed by atoms with van der Waals surface area (Å²) in [6, 6.07) is 5.18. The first-order chi connectivity index (χ1) is 6.31. The van der Waals surface area contributed by atoms with Crippen LogP contribution in [0.2, 0.25) is 5.02 Å². The van der Waals surface area contributed by atoms with Crippen LogP contribution in [-0.2, 0) is 0 Å². The molecule has 0 saturated heterocycles. The van der Waals surface area contributed by atoms with Gasteiger partial charge >= 0.3 is 0 Å². The topological polar surface area (TPSA) is 77.4 Å². The van der Waals surface area contributed by atoms with Crippen molar-refractivity contribution < 1.29 is 0 Å². The number of hydrogen-bond acceptors (Lipinski definition) is 2. The minimum Gasteiger partial charge on any atom is -0.275 e. The lowest BCUT2D eigenvalue weighted by atomic mass is 10.2. The fourth-order valence-electron chi connectivity index (χ4n) is 1.09. The third kappa shape index (κ3) is 1.30. The smallest absolute Gasteiger partial charge is 0.129 e. The average molecular weight is 194 g/mol. The van der Waals surface area contributed by atoms with Gasteiger partial charge in [0.1, 0.15) is 5.82 Å². The third-order valence-electron chi connectivity index (χ3n) is 1.64. The van der Waals surface area contributed by atoms with Gasteiger partial charge in [0, 0.05) is 15.3 Å². The van der Waals surface area contributed by atoms with Crippen molar-refractivity contribution in [1.82, 2.24) is 10.2 Å². The number of nitrogens with one attached hydrogen (secondary N) is 1. The van der Waals surface area contributed by atoms with Crippen LogP contribution < -0.4 is 0 Å². The monoisotopic (exact) mass is 193 g/mol. The van der Waals surface area contributed by atoms with Gasteiger partial charge in [0.15, 0.2) is 0 Å². The standard InChI is InChI=1S/C7H4ClN5/c8-4-1-2-6-5(3-4)7(11-10-6)12-13-9/h1-3H,(H,10,11). The first kappa shape index (κ1) is 7.91. The Bertz CT molecular complexity index is 497. The van der Waals surface area contributed by atoms with Crippen molar-refractivity contribution in [3.63, 3.8) is 0 Å². The highest BCUT2D eigenvalue weighted by molar-refractivity contribution is 6.31. The Hall–Kier alpha value is -1.71. The maximum absolute atomic E-state index is 8.24. The van der Waals surface area contributed by atoms with Crippen molar-refractivity contribution in [3.05, 3.63) is 33.7 Å². The number of nitrogens with zero attached hydrogens (tertiary/aromatic N) is 4. The van der Waals surface area contributed by atoms with E-state index >= 15 is 0 Å². The van der Waals surface area contributed by atoms with Gasteiger partial charge in [0.05, 0.1) is 5.52 Å². The maximum atomic E-state index is 8.24. The highest BCUT2D eigenvalue weighted by Crippen LogP contribution is 2.25. The van der Waals surface area contributed by atoms with Crippen molar-refractivity contribution >= 4 is 28.3 Å². The van der Waals surface area contributed by atoms with Crippen LogP contribution in [0.25, 0.3) is 21.3 Å². The molecule has 64 valence electrons. The molecule has 0 radical (unpaired) electrons. The van der Waals surface area contributed by atoms with Gasteiger partial charge in [-0.3, -0.25) is 5.10 Å². The number of fused-ring (bicyclic) bond motifs is 1. The molecule has 1 aromatic heterocycles. The molecule has 0 aliphatic carbocycles. The van der Waals surface area contributed by atoms with Crippen LogP contribution in [0.4, 0.5) is 5.82 Å². The maximum Gasteiger partial charge on any atom is 0.129 e. The number of benzene rings is 1. The molecule has 0 fully saturated rings. The zero-order valence-electron chi connectivity index (χ0n) is 6.40. The summed E-state index contributed by atoms with van der Waals surface area (Å²) in [5.41, 5.74) is 8.97. The first-order valence-electron chi connectivity index (χ1n) is 3.50. The SMILES string of the molecule is [N-]=[N+]=Nc1[nH]nc2ccc(Cl)cc12. The van der Waals surface area contributed by atoms with Crippen LogP contribution in [0.5, 0.6) is 0 Å². The van der Waals surface area contributed by atoms with Gasteiger partial charge in [-0.1, -0.05) is 11.6 Å². The second kappa shape index (κ2) is 2.97. The van der Waals surface area contributed by atoms with Crippen LogP contribution >= 0.6 is 11.6 Å². The lowest BCUT2D eigenvalue weighted by molar-refractivity contribution is 1.10. The molecule has 0 bridgehead atoms. The summed E-state index contributed by atoms with van der Waals surface area (Å²) >= 11 is 5.77. The van der Waals surface area contributed by atoms with Gasteiger partial charge in [0.25, 0.3) is 0 Å². The predicted octanol–water partition coefficient (Wildman–Crippen LogP) is 3.16. The van der Waals surface area contributed by atoms with Crippen molar-refractivity contribution in [1.29, 1.82) is 0 Å². The van der Waals surface area contributed by atoms with Crippen molar-refractivity contribution in [2.24, 2.45) is 5.11 Å². The number of H-pyrrole nitrogens is 1. The van der Waals surface area contributed by atoms with E-state index in [4.69, 9.17) is 17.1 Å². The Morgan fingerprint density at radius 3 is 3.15 bits per heavy atom. The van der Waals surface area contributed by atoms with Gasteiger partial charge < -0.3 is 0 Å². The Morgan fingerprint density at radius 1 is 1.54 bits per heavy atom. The second-order valence-electron chi connectivity index (χ2n) is 2.42. The third-order valence-corrected chi connectivity index (χ3v) is 1.88. The Labute approximate surface area is 77.9 Å². The second-order valence-corrected chi connectivity index (χ2v) is 2.86. The van der Waals surface area contributed by atoms with E-state index in [1.54, 1.807) is 18.2 Å². The summed E-state index contributed by atoms with van der Waals surface area (Å²) in [7, 11) is 0. The van der Waals surface area contributed by atoms with E-state index < -0.39 is 0 Å². The van der Waals surface area contributed by atoms with Crippen LogP contribution in [0, 0.1) is 0 Å². The van der Waals surface area contributed by atoms with Crippen LogP contribution in [-0.4, -0.2) is 10.2 Å². The predicted molar refractivity (Wildman–Crippen MR) is 49.9 cm³/mol. The number of aromatic nitrogens is 2. The van der Waals surface area contributed by atoms with Crippen molar-refractivity contribution in [2.75, 3.05) is 0 Å². The van der Waals surface area contributed by atoms with Gasteiger partial charge in [-0.05, 0) is 28.8 Å². The van der Waals surface area contributed by atoms with Gasteiger partial charge in [0.2, 0.25) is 0 Å². The normalized spacial score (nSPS) is 9.92. The molecule has 13 heavy (non-hydrogen) atoms. The van der Waals surface area contributed by atoms with E-state index in [0.717, 1.165) is 10.9 Å². The number of aromatic amines is 1. The molecule has 1 heterocycles.